The van der Waals surface area contributed by atoms with Gasteiger partial charge in [0.2, 0.25) is 0 Å². The lowest BCUT2D eigenvalue weighted by Gasteiger charge is -2.17. The number of rotatable bonds is 5. The first-order valence-electron chi connectivity index (χ1n) is 5.97. The molecule has 2 unspecified atom stereocenters. The lowest BCUT2D eigenvalue weighted by atomic mass is 10.1. The zero-order valence-corrected chi connectivity index (χ0v) is 11.9. The summed E-state index contributed by atoms with van der Waals surface area (Å²) in [6, 6.07) is 4.49. The van der Waals surface area contributed by atoms with Crippen LogP contribution in [0.25, 0.3) is 0 Å². The molecular weight excluding hydrogens is 293 g/mol. The van der Waals surface area contributed by atoms with E-state index in [1.807, 2.05) is 13.8 Å². The van der Waals surface area contributed by atoms with Gasteiger partial charge < -0.3 is 11.1 Å². The Bertz CT molecular complexity index is 539. The van der Waals surface area contributed by atoms with Gasteiger partial charge in [0.25, 0.3) is 9.84 Å². The Labute approximate surface area is 116 Å². The third kappa shape index (κ3) is 4.11. The van der Waals surface area contributed by atoms with Gasteiger partial charge in [-0.25, -0.2) is 8.42 Å². The highest BCUT2D eigenvalue weighted by molar-refractivity contribution is 7.92. The summed E-state index contributed by atoms with van der Waals surface area (Å²) in [6.45, 7) is 3.72. The minimum atomic E-state index is -5.29. The Balaban J connectivity index is 2.85. The molecule has 0 spiro atoms. The van der Waals surface area contributed by atoms with Crippen LogP contribution in [-0.2, 0) is 9.84 Å². The minimum Gasteiger partial charge on any atom is -0.383 e. The second-order valence-corrected chi connectivity index (χ2v) is 6.67. The normalized spacial score (nSPS) is 15.7. The van der Waals surface area contributed by atoms with E-state index in [-0.39, 0.29) is 12.1 Å². The zero-order valence-electron chi connectivity index (χ0n) is 11.1. The van der Waals surface area contributed by atoms with Crippen molar-refractivity contribution in [2.24, 2.45) is 5.73 Å². The molecule has 8 heteroatoms. The van der Waals surface area contributed by atoms with Crippen LogP contribution in [-0.4, -0.2) is 26.0 Å². The number of anilines is 1. The van der Waals surface area contributed by atoms with Crippen LogP contribution >= 0.6 is 0 Å². The third-order valence-electron chi connectivity index (χ3n) is 2.61. The van der Waals surface area contributed by atoms with Gasteiger partial charge >= 0.3 is 5.51 Å². The van der Waals surface area contributed by atoms with Gasteiger partial charge in [-0.2, -0.15) is 13.2 Å². The third-order valence-corrected chi connectivity index (χ3v) is 4.11. The molecule has 0 aliphatic heterocycles. The molecule has 0 saturated carbocycles. The smallest absolute Gasteiger partial charge is 0.383 e. The quantitative estimate of drug-likeness (QED) is 0.876. The second-order valence-electron chi connectivity index (χ2n) is 4.73. The van der Waals surface area contributed by atoms with E-state index in [0.29, 0.717) is 12.1 Å². The molecule has 1 rings (SSSR count). The van der Waals surface area contributed by atoms with Crippen LogP contribution in [0, 0.1) is 0 Å². The highest BCUT2D eigenvalue weighted by Gasteiger charge is 2.46. The summed E-state index contributed by atoms with van der Waals surface area (Å²) >= 11 is 0. The van der Waals surface area contributed by atoms with E-state index in [2.05, 4.69) is 5.32 Å². The summed E-state index contributed by atoms with van der Waals surface area (Å²) in [5, 5.41) is 3.03. The largest absolute Gasteiger partial charge is 0.501 e. The summed E-state index contributed by atoms with van der Waals surface area (Å²) in [5.74, 6) is 0. The molecule has 20 heavy (non-hydrogen) atoms. The predicted octanol–water partition coefficient (Wildman–Crippen LogP) is 2.52. The molecule has 0 heterocycles. The summed E-state index contributed by atoms with van der Waals surface area (Å²) in [4.78, 5) is -0.768. The molecule has 1 aromatic carbocycles. The monoisotopic (exact) mass is 310 g/mol. The van der Waals surface area contributed by atoms with Crippen molar-refractivity contribution in [2.45, 2.75) is 42.8 Å². The average molecular weight is 310 g/mol. The molecule has 0 radical (unpaired) electrons. The number of alkyl halides is 3. The summed E-state index contributed by atoms with van der Waals surface area (Å²) in [7, 11) is -5.29. The van der Waals surface area contributed by atoms with Gasteiger partial charge in [-0.3, -0.25) is 0 Å². The highest BCUT2D eigenvalue weighted by atomic mass is 32.2. The molecule has 0 bridgehead atoms. The first-order valence-corrected chi connectivity index (χ1v) is 7.46. The maximum atomic E-state index is 12.4. The van der Waals surface area contributed by atoms with Crippen molar-refractivity contribution >= 4 is 15.5 Å². The number of nitrogens with one attached hydrogen (secondary N) is 1. The van der Waals surface area contributed by atoms with E-state index in [9.17, 15) is 21.6 Å². The standard InChI is InChI=1S/C12H17F3N2O2S/c1-8(16)7-9(2)17-10-3-5-11(6-4-10)20(18,19)12(13,14)15/h3-6,8-9,17H,7,16H2,1-2H3. The molecule has 0 amide bonds. The van der Waals surface area contributed by atoms with Gasteiger partial charge in [0, 0.05) is 17.8 Å². The molecule has 0 aromatic heterocycles. The van der Waals surface area contributed by atoms with Gasteiger partial charge in [0.15, 0.2) is 0 Å². The Hall–Kier alpha value is -1.28. The fourth-order valence-corrected chi connectivity index (χ4v) is 2.53. The Morgan fingerprint density at radius 1 is 1.20 bits per heavy atom. The van der Waals surface area contributed by atoms with Crippen LogP contribution in [0.3, 0.4) is 0 Å². The molecule has 0 fully saturated rings. The van der Waals surface area contributed by atoms with Crippen molar-refractivity contribution in [2.75, 3.05) is 5.32 Å². The van der Waals surface area contributed by atoms with Crippen molar-refractivity contribution in [3.63, 3.8) is 0 Å². The van der Waals surface area contributed by atoms with Crippen LogP contribution in [0.4, 0.5) is 18.9 Å². The molecule has 2 atom stereocenters. The summed E-state index contributed by atoms with van der Waals surface area (Å²) in [5.41, 5.74) is 0.885. The first kappa shape index (κ1) is 16.8. The maximum Gasteiger partial charge on any atom is 0.501 e. The fraction of sp³-hybridized carbons (Fsp3) is 0.500. The number of sulfone groups is 1. The maximum absolute atomic E-state index is 12.4. The lowest BCUT2D eigenvalue weighted by molar-refractivity contribution is -0.0436. The van der Waals surface area contributed by atoms with Crippen molar-refractivity contribution in [3.05, 3.63) is 24.3 Å². The molecular formula is C12H17F3N2O2S. The lowest BCUT2D eigenvalue weighted by Crippen LogP contribution is -2.26. The van der Waals surface area contributed by atoms with Crippen molar-refractivity contribution in [1.82, 2.24) is 0 Å². The number of hydrogen-bond donors (Lipinski definition) is 2. The SMILES string of the molecule is CC(N)CC(C)Nc1ccc(S(=O)(=O)C(F)(F)F)cc1. The fourth-order valence-electron chi connectivity index (χ4n) is 1.77. The topological polar surface area (TPSA) is 72.2 Å². The summed E-state index contributed by atoms with van der Waals surface area (Å²) < 4.78 is 59.4. The van der Waals surface area contributed by atoms with E-state index in [1.54, 1.807) is 0 Å². The minimum absolute atomic E-state index is 0.0117. The van der Waals surface area contributed by atoms with Gasteiger partial charge in [-0.1, -0.05) is 0 Å². The van der Waals surface area contributed by atoms with E-state index in [4.69, 9.17) is 5.73 Å². The van der Waals surface area contributed by atoms with Crippen molar-refractivity contribution in [1.29, 1.82) is 0 Å². The highest BCUT2D eigenvalue weighted by Crippen LogP contribution is 2.30. The Kier molecular flexibility index (Phi) is 5.04. The van der Waals surface area contributed by atoms with Crippen molar-refractivity contribution < 1.29 is 21.6 Å². The molecule has 114 valence electrons. The molecule has 4 nitrogen and oxygen atoms in total. The Morgan fingerprint density at radius 3 is 2.10 bits per heavy atom. The second kappa shape index (κ2) is 6.01. The van der Waals surface area contributed by atoms with E-state index < -0.39 is 20.2 Å². The number of hydrogen-bond acceptors (Lipinski definition) is 4. The Morgan fingerprint density at radius 2 is 1.70 bits per heavy atom. The zero-order chi connectivity index (χ0) is 15.6. The van der Waals surface area contributed by atoms with Crippen LogP contribution in [0.5, 0.6) is 0 Å². The van der Waals surface area contributed by atoms with Gasteiger partial charge in [-0.15, -0.1) is 0 Å². The van der Waals surface area contributed by atoms with Gasteiger partial charge in [0.05, 0.1) is 4.90 Å². The molecule has 3 N–H and O–H groups in total. The van der Waals surface area contributed by atoms with E-state index in [1.165, 1.54) is 12.1 Å². The number of nitrogens with two attached hydrogens (primary N) is 1. The van der Waals surface area contributed by atoms with E-state index in [0.717, 1.165) is 12.1 Å². The number of benzene rings is 1. The van der Waals surface area contributed by atoms with Crippen LogP contribution in [0.1, 0.15) is 20.3 Å². The first-order chi connectivity index (χ1) is 9.04. The molecule has 0 aliphatic carbocycles. The molecule has 1 aromatic rings. The number of halogens is 3. The average Bonchev–Trinajstić information content (AvgIpc) is 2.26. The van der Waals surface area contributed by atoms with Crippen LogP contribution < -0.4 is 11.1 Å². The van der Waals surface area contributed by atoms with Gasteiger partial charge in [-0.05, 0) is 44.5 Å². The van der Waals surface area contributed by atoms with Crippen molar-refractivity contribution in [3.8, 4) is 0 Å². The van der Waals surface area contributed by atoms with E-state index >= 15 is 0 Å². The van der Waals surface area contributed by atoms with Crippen LogP contribution in [0.15, 0.2) is 29.2 Å². The van der Waals surface area contributed by atoms with Gasteiger partial charge in [0.1, 0.15) is 0 Å². The molecule has 0 aliphatic rings. The molecule has 0 saturated heterocycles. The predicted molar refractivity (Wildman–Crippen MR) is 71.0 cm³/mol. The summed E-state index contributed by atoms with van der Waals surface area (Å²) in [6.07, 6.45) is 0.683. The van der Waals surface area contributed by atoms with Crippen LogP contribution in [0.2, 0.25) is 0 Å².